The number of anilines is 1. The van der Waals surface area contributed by atoms with Gasteiger partial charge in [0.15, 0.2) is 12.4 Å². The van der Waals surface area contributed by atoms with Crippen LogP contribution in [0.5, 0.6) is 11.5 Å². The number of hydrogen-bond acceptors (Lipinski definition) is 5. The lowest BCUT2D eigenvalue weighted by Gasteiger charge is -2.10. The van der Waals surface area contributed by atoms with E-state index < -0.39 is 0 Å². The van der Waals surface area contributed by atoms with Crippen molar-refractivity contribution in [3.8, 4) is 11.5 Å². The van der Waals surface area contributed by atoms with Crippen molar-refractivity contribution in [1.82, 2.24) is 5.32 Å². The minimum Gasteiger partial charge on any atom is -0.497 e. The van der Waals surface area contributed by atoms with Crippen molar-refractivity contribution in [2.45, 2.75) is 12.8 Å². The summed E-state index contributed by atoms with van der Waals surface area (Å²) in [5.41, 5.74) is 2.44. The maximum Gasteiger partial charge on any atom is 0.257 e. The molecular weight excluding hydrogens is 360 g/mol. The van der Waals surface area contributed by atoms with Crippen LogP contribution in [-0.2, 0) is 16.0 Å². The summed E-state index contributed by atoms with van der Waals surface area (Å²) in [7, 11) is 1.56. The number of fused-ring (bicyclic) bond motifs is 1. The number of benzene rings is 2. The van der Waals surface area contributed by atoms with E-state index in [-0.39, 0.29) is 31.3 Å². The van der Waals surface area contributed by atoms with Gasteiger partial charge in [0.1, 0.15) is 11.5 Å². The van der Waals surface area contributed by atoms with Gasteiger partial charge in [-0.2, -0.15) is 0 Å². The normalized spacial score (nSPS) is 12.2. The predicted octanol–water partition coefficient (Wildman–Crippen LogP) is 1.98. The maximum atomic E-state index is 12.3. The standard InChI is InChI=1S/C21H22N2O5/c1-27-17-3-2-4-18(12-17)28-13-21(26)22-9-7-20(25)16-5-6-19-15(11-16)8-10-23(19)14-24/h2-6,11-12,14H,7-10,13H2,1H3,(H,22,26). The number of amides is 2. The van der Waals surface area contributed by atoms with Crippen LogP contribution >= 0.6 is 0 Å². The number of nitrogens with one attached hydrogen (secondary N) is 1. The summed E-state index contributed by atoms with van der Waals surface area (Å²) in [4.78, 5) is 36.8. The molecule has 28 heavy (non-hydrogen) atoms. The minimum absolute atomic E-state index is 0.0543. The molecule has 0 spiro atoms. The van der Waals surface area contributed by atoms with E-state index in [2.05, 4.69) is 5.32 Å². The third-order valence-corrected chi connectivity index (χ3v) is 4.55. The Labute approximate surface area is 163 Å². The largest absolute Gasteiger partial charge is 0.497 e. The average molecular weight is 382 g/mol. The first-order chi connectivity index (χ1) is 13.6. The summed E-state index contributed by atoms with van der Waals surface area (Å²) in [5.74, 6) is 0.828. The van der Waals surface area contributed by atoms with Crippen LogP contribution in [0.2, 0.25) is 0 Å². The summed E-state index contributed by atoms with van der Waals surface area (Å²) in [6.45, 7) is 0.734. The van der Waals surface area contributed by atoms with Gasteiger partial charge in [-0.15, -0.1) is 0 Å². The second kappa shape index (κ2) is 9.03. The smallest absolute Gasteiger partial charge is 0.257 e. The highest BCUT2D eigenvalue weighted by molar-refractivity contribution is 5.97. The molecule has 2 aromatic rings. The molecule has 0 atom stereocenters. The van der Waals surface area contributed by atoms with Gasteiger partial charge in [0.25, 0.3) is 5.91 Å². The van der Waals surface area contributed by atoms with Crippen LogP contribution in [0.15, 0.2) is 42.5 Å². The topological polar surface area (TPSA) is 84.9 Å². The van der Waals surface area contributed by atoms with Gasteiger partial charge in [-0.25, -0.2) is 0 Å². The number of nitrogens with zero attached hydrogens (tertiary/aromatic N) is 1. The van der Waals surface area contributed by atoms with E-state index in [0.29, 0.717) is 23.6 Å². The van der Waals surface area contributed by atoms with E-state index in [4.69, 9.17) is 9.47 Å². The van der Waals surface area contributed by atoms with Gasteiger partial charge in [-0.3, -0.25) is 14.4 Å². The molecule has 0 aromatic heterocycles. The van der Waals surface area contributed by atoms with E-state index in [1.807, 2.05) is 6.07 Å². The second-order valence-electron chi connectivity index (χ2n) is 6.38. The van der Waals surface area contributed by atoms with Crippen molar-refractivity contribution in [2.75, 3.05) is 31.7 Å². The highest BCUT2D eigenvalue weighted by Gasteiger charge is 2.19. The molecule has 0 aliphatic carbocycles. The van der Waals surface area contributed by atoms with Crippen LogP contribution in [0.1, 0.15) is 22.3 Å². The van der Waals surface area contributed by atoms with Crippen LogP contribution in [0.4, 0.5) is 5.69 Å². The van der Waals surface area contributed by atoms with Crippen LogP contribution in [0.25, 0.3) is 0 Å². The van der Waals surface area contributed by atoms with Gasteiger partial charge in [0.2, 0.25) is 6.41 Å². The molecule has 3 rings (SSSR count). The molecule has 1 N–H and O–H groups in total. The number of hydrogen-bond donors (Lipinski definition) is 1. The van der Waals surface area contributed by atoms with E-state index in [1.165, 1.54) is 0 Å². The SMILES string of the molecule is COc1cccc(OCC(=O)NCCC(=O)c2ccc3c(c2)CCN3C=O)c1. The Kier molecular flexibility index (Phi) is 6.26. The number of methoxy groups -OCH3 is 1. The quantitative estimate of drug-likeness (QED) is 0.530. The number of ketones is 1. The first-order valence-corrected chi connectivity index (χ1v) is 9.02. The summed E-state index contributed by atoms with van der Waals surface area (Å²) >= 11 is 0. The summed E-state index contributed by atoms with van der Waals surface area (Å²) in [6.07, 6.45) is 1.74. The van der Waals surface area contributed by atoms with E-state index in [0.717, 1.165) is 24.1 Å². The third kappa shape index (κ3) is 4.68. The minimum atomic E-state index is -0.300. The van der Waals surface area contributed by atoms with Gasteiger partial charge >= 0.3 is 0 Å². The van der Waals surface area contributed by atoms with Crippen molar-refractivity contribution in [2.24, 2.45) is 0 Å². The van der Waals surface area contributed by atoms with Crippen molar-refractivity contribution in [3.63, 3.8) is 0 Å². The van der Waals surface area contributed by atoms with Gasteiger partial charge in [-0.1, -0.05) is 6.07 Å². The molecule has 146 valence electrons. The number of carbonyl (C=O) groups excluding carboxylic acids is 3. The van der Waals surface area contributed by atoms with Crippen LogP contribution < -0.4 is 19.7 Å². The van der Waals surface area contributed by atoms with Gasteiger partial charge < -0.3 is 19.7 Å². The number of Topliss-reactive ketones (excluding diaryl/α,β-unsaturated/α-hetero) is 1. The Bertz CT molecular complexity index is 881. The van der Waals surface area contributed by atoms with Crippen molar-refractivity contribution in [1.29, 1.82) is 0 Å². The molecule has 0 bridgehead atoms. The van der Waals surface area contributed by atoms with Crippen LogP contribution in [-0.4, -0.2) is 44.9 Å². The molecule has 1 aliphatic rings. The summed E-state index contributed by atoms with van der Waals surface area (Å²) in [5, 5.41) is 2.68. The molecule has 7 nitrogen and oxygen atoms in total. The predicted molar refractivity (Wildman–Crippen MR) is 104 cm³/mol. The highest BCUT2D eigenvalue weighted by Crippen LogP contribution is 2.28. The molecule has 2 aromatic carbocycles. The number of rotatable bonds is 9. The number of carbonyl (C=O) groups is 3. The molecule has 0 radical (unpaired) electrons. The van der Waals surface area contributed by atoms with Gasteiger partial charge in [0, 0.05) is 36.8 Å². The lowest BCUT2D eigenvalue weighted by atomic mass is 10.0. The fourth-order valence-corrected chi connectivity index (χ4v) is 3.06. The Hall–Kier alpha value is -3.35. The first kappa shape index (κ1) is 19.4. The molecule has 0 fully saturated rings. The molecule has 7 heteroatoms. The van der Waals surface area contributed by atoms with Crippen molar-refractivity contribution in [3.05, 3.63) is 53.6 Å². The van der Waals surface area contributed by atoms with Crippen molar-refractivity contribution < 1.29 is 23.9 Å². The molecule has 2 amide bonds. The lowest BCUT2D eigenvalue weighted by molar-refractivity contribution is -0.123. The molecule has 1 heterocycles. The Morgan fingerprint density at radius 3 is 2.79 bits per heavy atom. The third-order valence-electron chi connectivity index (χ3n) is 4.55. The lowest BCUT2D eigenvalue weighted by Crippen LogP contribution is -2.30. The van der Waals surface area contributed by atoms with Gasteiger partial charge in [0.05, 0.1) is 7.11 Å². The zero-order valence-electron chi connectivity index (χ0n) is 15.6. The maximum absolute atomic E-state index is 12.3. The molecule has 0 saturated heterocycles. The summed E-state index contributed by atoms with van der Waals surface area (Å²) < 4.78 is 10.5. The fraction of sp³-hybridized carbons (Fsp3) is 0.286. The molecular formula is C21H22N2O5. The number of ether oxygens (including phenoxy) is 2. The molecule has 1 aliphatic heterocycles. The average Bonchev–Trinajstić information content (AvgIpc) is 3.14. The Balaban J connectivity index is 1.44. The van der Waals surface area contributed by atoms with Crippen LogP contribution in [0.3, 0.4) is 0 Å². The van der Waals surface area contributed by atoms with Crippen molar-refractivity contribution >= 4 is 23.8 Å². The van der Waals surface area contributed by atoms with E-state index in [1.54, 1.807) is 48.4 Å². The van der Waals surface area contributed by atoms with E-state index in [9.17, 15) is 14.4 Å². The highest BCUT2D eigenvalue weighted by atomic mass is 16.5. The monoisotopic (exact) mass is 382 g/mol. The second-order valence-corrected chi connectivity index (χ2v) is 6.38. The summed E-state index contributed by atoms with van der Waals surface area (Å²) in [6, 6.07) is 12.3. The van der Waals surface area contributed by atoms with Gasteiger partial charge in [-0.05, 0) is 42.3 Å². The van der Waals surface area contributed by atoms with E-state index >= 15 is 0 Å². The first-order valence-electron chi connectivity index (χ1n) is 9.02. The zero-order chi connectivity index (χ0) is 19.9. The fourth-order valence-electron chi connectivity index (χ4n) is 3.06. The molecule has 0 saturated carbocycles. The molecule has 0 unspecified atom stereocenters. The zero-order valence-corrected chi connectivity index (χ0v) is 15.6. The Morgan fingerprint density at radius 1 is 1.18 bits per heavy atom. The Morgan fingerprint density at radius 2 is 2.00 bits per heavy atom. The van der Waals surface area contributed by atoms with Crippen LogP contribution in [0, 0.1) is 0 Å².